The molecule has 0 bridgehead atoms. The Kier molecular flexibility index (Phi) is 5.87. The number of methoxy groups -OCH3 is 1. The minimum absolute atomic E-state index is 0.0217. The van der Waals surface area contributed by atoms with Crippen molar-refractivity contribution in [1.82, 2.24) is 0 Å². The van der Waals surface area contributed by atoms with Crippen LogP contribution in [-0.2, 0) is 15.6 Å². The van der Waals surface area contributed by atoms with Gasteiger partial charge in [0.15, 0.2) is 21.3 Å². The quantitative estimate of drug-likeness (QED) is 0.830. The van der Waals surface area contributed by atoms with Crippen LogP contribution in [0, 0.1) is 0 Å². The van der Waals surface area contributed by atoms with Crippen molar-refractivity contribution in [3.8, 4) is 17.2 Å². The summed E-state index contributed by atoms with van der Waals surface area (Å²) in [5, 5.41) is 11.0. The highest BCUT2D eigenvalue weighted by Crippen LogP contribution is 2.27. The third-order valence-electron chi connectivity index (χ3n) is 3.28. The van der Waals surface area contributed by atoms with E-state index >= 15 is 0 Å². The van der Waals surface area contributed by atoms with E-state index in [0.717, 1.165) is 5.41 Å². The summed E-state index contributed by atoms with van der Waals surface area (Å²) in [5.41, 5.74) is 1.25. The van der Waals surface area contributed by atoms with Crippen LogP contribution in [0.25, 0.3) is 6.08 Å². The Bertz CT molecular complexity index is 808. The van der Waals surface area contributed by atoms with Gasteiger partial charge in [-0.3, -0.25) is 0 Å². The number of phenols is 1. The maximum atomic E-state index is 12.2. The second-order valence-corrected chi connectivity index (χ2v) is 7.00. The average molecular weight is 348 g/mol. The predicted molar refractivity (Wildman–Crippen MR) is 93.9 cm³/mol. The Morgan fingerprint density at radius 1 is 1.12 bits per heavy atom. The standard InChI is InChI=1S/C18H20O5S/c1-3-23-18-9-6-14(12-17(18)19)10-11-24(20,21)13-15-4-7-16(22-2)8-5-15/h4-12,19H,3,13H2,1-2H3/b11-10+. The molecule has 0 amide bonds. The molecule has 0 fully saturated rings. The Morgan fingerprint density at radius 2 is 1.83 bits per heavy atom. The lowest BCUT2D eigenvalue weighted by Crippen LogP contribution is -2.00. The average Bonchev–Trinajstić information content (AvgIpc) is 2.56. The summed E-state index contributed by atoms with van der Waals surface area (Å²) in [6.07, 6.45) is 1.45. The van der Waals surface area contributed by atoms with Gasteiger partial charge in [0.2, 0.25) is 0 Å². The summed E-state index contributed by atoms with van der Waals surface area (Å²) in [6, 6.07) is 11.6. The zero-order valence-corrected chi connectivity index (χ0v) is 14.4. The van der Waals surface area contributed by atoms with Gasteiger partial charge in [0.1, 0.15) is 5.75 Å². The lowest BCUT2D eigenvalue weighted by atomic mass is 10.2. The number of sulfone groups is 1. The molecule has 1 N–H and O–H groups in total. The van der Waals surface area contributed by atoms with Crippen LogP contribution < -0.4 is 9.47 Å². The molecular formula is C18H20O5S. The zero-order chi connectivity index (χ0) is 17.6. The smallest absolute Gasteiger partial charge is 0.175 e. The number of hydrogen-bond donors (Lipinski definition) is 1. The van der Waals surface area contributed by atoms with E-state index in [4.69, 9.17) is 9.47 Å². The number of hydrogen-bond acceptors (Lipinski definition) is 5. The SMILES string of the molecule is CCOc1ccc(/C=C/S(=O)(=O)Cc2ccc(OC)cc2)cc1O. The van der Waals surface area contributed by atoms with Crippen LogP contribution in [0.1, 0.15) is 18.1 Å². The summed E-state index contributed by atoms with van der Waals surface area (Å²) in [6.45, 7) is 2.26. The normalized spacial score (nSPS) is 11.6. The monoisotopic (exact) mass is 348 g/mol. The highest BCUT2D eigenvalue weighted by atomic mass is 32.2. The highest BCUT2D eigenvalue weighted by Gasteiger charge is 2.09. The van der Waals surface area contributed by atoms with E-state index in [1.807, 2.05) is 6.92 Å². The number of ether oxygens (including phenoxy) is 2. The van der Waals surface area contributed by atoms with Crippen molar-refractivity contribution >= 4 is 15.9 Å². The molecule has 0 radical (unpaired) electrons. The van der Waals surface area contributed by atoms with E-state index in [1.54, 1.807) is 43.5 Å². The molecule has 0 aliphatic heterocycles. The van der Waals surface area contributed by atoms with Crippen molar-refractivity contribution in [2.24, 2.45) is 0 Å². The molecule has 0 unspecified atom stereocenters. The molecule has 0 saturated carbocycles. The van der Waals surface area contributed by atoms with Crippen molar-refractivity contribution in [2.45, 2.75) is 12.7 Å². The van der Waals surface area contributed by atoms with E-state index in [-0.39, 0.29) is 11.5 Å². The highest BCUT2D eigenvalue weighted by molar-refractivity contribution is 7.93. The van der Waals surface area contributed by atoms with Gasteiger partial charge in [0.05, 0.1) is 19.5 Å². The number of rotatable bonds is 7. The fraction of sp³-hybridized carbons (Fsp3) is 0.222. The van der Waals surface area contributed by atoms with Gasteiger partial charge in [0.25, 0.3) is 0 Å². The van der Waals surface area contributed by atoms with Crippen LogP contribution in [0.15, 0.2) is 47.9 Å². The third-order valence-corrected chi connectivity index (χ3v) is 4.56. The first kappa shape index (κ1) is 17.9. The van der Waals surface area contributed by atoms with Gasteiger partial charge in [-0.25, -0.2) is 8.42 Å². The molecule has 0 spiro atoms. The van der Waals surface area contributed by atoms with Crippen LogP contribution >= 0.6 is 0 Å². The van der Waals surface area contributed by atoms with Crippen molar-refractivity contribution in [2.75, 3.05) is 13.7 Å². The molecule has 0 aromatic heterocycles. The van der Waals surface area contributed by atoms with Crippen LogP contribution in [0.5, 0.6) is 17.2 Å². The first-order valence-corrected chi connectivity index (χ1v) is 9.14. The van der Waals surface area contributed by atoms with E-state index in [9.17, 15) is 13.5 Å². The largest absolute Gasteiger partial charge is 0.504 e. The van der Waals surface area contributed by atoms with Gasteiger partial charge in [0, 0.05) is 5.41 Å². The number of aromatic hydroxyl groups is 1. The molecule has 2 aromatic rings. The van der Waals surface area contributed by atoms with Crippen LogP contribution in [0.4, 0.5) is 0 Å². The molecule has 0 atom stereocenters. The third kappa shape index (κ3) is 5.03. The summed E-state index contributed by atoms with van der Waals surface area (Å²) < 4.78 is 34.6. The van der Waals surface area contributed by atoms with Crippen LogP contribution in [0.2, 0.25) is 0 Å². The molecule has 0 aliphatic carbocycles. The molecule has 2 aromatic carbocycles. The fourth-order valence-electron chi connectivity index (χ4n) is 2.10. The molecule has 6 heteroatoms. The van der Waals surface area contributed by atoms with Crippen molar-refractivity contribution in [3.63, 3.8) is 0 Å². The van der Waals surface area contributed by atoms with E-state index in [1.165, 1.54) is 12.1 Å². The van der Waals surface area contributed by atoms with Gasteiger partial charge >= 0.3 is 0 Å². The van der Waals surface area contributed by atoms with Gasteiger partial charge < -0.3 is 14.6 Å². The first-order valence-electron chi connectivity index (χ1n) is 7.43. The molecule has 5 nitrogen and oxygen atoms in total. The second-order valence-electron chi connectivity index (χ2n) is 5.12. The topological polar surface area (TPSA) is 72.8 Å². The maximum absolute atomic E-state index is 12.2. The van der Waals surface area contributed by atoms with Crippen LogP contribution in [-0.4, -0.2) is 27.2 Å². The van der Waals surface area contributed by atoms with E-state index in [0.29, 0.717) is 29.2 Å². The zero-order valence-electron chi connectivity index (χ0n) is 13.6. The molecule has 128 valence electrons. The van der Waals surface area contributed by atoms with Gasteiger partial charge in [-0.2, -0.15) is 0 Å². The number of benzene rings is 2. The minimum atomic E-state index is -3.42. The van der Waals surface area contributed by atoms with Gasteiger partial charge in [-0.05, 0) is 48.4 Å². The molecule has 0 saturated heterocycles. The lowest BCUT2D eigenvalue weighted by Gasteiger charge is -2.06. The lowest BCUT2D eigenvalue weighted by molar-refractivity contribution is 0.318. The summed E-state index contributed by atoms with van der Waals surface area (Å²) in [4.78, 5) is 0. The molecule has 0 heterocycles. The minimum Gasteiger partial charge on any atom is -0.504 e. The summed E-state index contributed by atoms with van der Waals surface area (Å²) in [5.74, 6) is 0.926. The molecule has 2 rings (SSSR count). The van der Waals surface area contributed by atoms with Gasteiger partial charge in [-0.1, -0.05) is 18.2 Å². The first-order chi connectivity index (χ1) is 11.4. The Morgan fingerprint density at radius 3 is 2.42 bits per heavy atom. The van der Waals surface area contributed by atoms with Crippen molar-refractivity contribution < 1.29 is 23.0 Å². The van der Waals surface area contributed by atoms with Gasteiger partial charge in [-0.15, -0.1) is 0 Å². The fourth-order valence-corrected chi connectivity index (χ4v) is 3.22. The molecule has 24 heavy (non-hydrogen) atoms. The summed E-state index contributed by atoms with van der Waals surface area (Å²) in [7, 11) is -1.86. The Balaban J connectivity index is 2.10. The Hall–Kier alpha value is -2.47. The molecular weight excluding hydrogens is 328 g/mol. The second kappa shape index (κ2) is 7.88. The maximum Gasteiger partial charge on any atom is 0.175 e. The van der Waals surface area contributed by atoms with E-state index in [2.05, 4.69) is 0 Å². The Labute approximate surface area is 142 Å². The van der Waals surface area contributed by atoms with Crippen LogP contribution in [0.3, 0.4) is 0 Å². The molecule has 0 aliphatic rings. The van der Waals surface area contributed by atoms with Crippen molar-refractivity contribution in [3.05, 3.63) is 59.0 Å². The summed E-state index contributed by atoms with van der Waals surface area (Å²) >= 11 is 0. The predicted octanol–water partition coefficient (Wildman–Crippen LogP) is 3.39. The number of phenolic OH excluding ortho intramolecular Hbond substituents is 1. The van der Waals surface area contributed by atoms with Crippen molar-refractivity contribution in [1.29, 1.82) is 0 Å². The van der Waals surface area contributed by atoms with E-state index < -0.39 is 9.84 Å².